The number of nitrogens with zero attached hydrogens (tertiary/aromatic N) is 4. The molecule has 1 aromatic heterocycles. The molecule has 1 unspecified atom stereocenters. The summed E-state index contributed by atoms with van der Waals surface area (Å²) < 4.78 is 5.62. The largest absolute Gasteiger partial charge is 0.337 e. The number of piperidine rings is 1. The van der Waals surface area contributed by atoms with Crippen LogP contribution in [0.5, 0.6) is 0 Å². The first kappa shape index (κ1) is 27.2. The van der Waals surface area contributed by atoms with Crippen LogP contribution in [0.15, 0.2) is 77.3 Å². The van der Waals surface area contributed by atoms with Crippen molar-refractivity contribution in [2.45, 2.75) is 31.8 Å². The molecule has 7 nitrogen and oxygen atoms in total. The Hall–Kier alpha value is -3.39. The molecule has 0 N–H and O–H groups in total. The van der Waals surface area contributed by atoms with Crippen LogP contribution < -0.4 is 0 Å². The highest BCUT2D eigenvalue weighted by molar-refractivity contribution is 6.35. The average molecular weight is 584 g/mol. The van der Waals surface area contributed by atoms with Gasteiger partial charge >= 0.3 is 0 Å². The Balaban J connectivity index is 1.39. The van der Waals surface area contributed by atoms with E-state index in [1.54, 1.807) is 35.2 Å². The number of rotatable bonds is 7. The van der Waals surface area contributed by atoms with E-state index in [0.717, 1.165) is 24.0 Å². The maximum absolute atomic E-state index is 13.7. The van der Waals surface area contributed by atoms with E-state index in [0.29, 0.717) is 45.3 Å². The van der Waals surface area contributed by atoms with Gasteiger partial charge in [-0.15, -0.1) is 0 Å². The van der Waals surface area contributed by atoms with Crippen molar-refractivity contribution in [1.82, 2.24) is 19.9 Å². The lowest BCUT2D eigenvalue weighted by atomic mass is 10.0. The van der Waals surface area contributed by atoms with Gasteiger partial charge in [-0.25, -0.2) is 0 Å². The molecule has 0 bridgehead atoms. The fraction of sp³-hybridized carbons (Fsp3) is 0.241. The van der Waals surface area contributed by atoms with Crippen molar-refractivity contribution in [3.63, 3.8) is 0 Å². The molecule has 0 spiro atoms. The summed E-state index contributed by atoms with van der Waals surface area (Å²) in [5, 5.41) is 5.44. The van der Waals surface area contributed by atoms with E-state index in [1.807, 2.05) is 42.5 Å². The van der Waals surface area contributed by atoms with Crippen LogP contribution in [0.2, 0.25) is 15.1 Å². The first-order valence-electron chi connectivity index (χ1n) is 12.6. The van der Waals surface area contributed by atoms with Crippen molar-refractivity contribution >= 4 is 46.6 Å². The van der Waals surface area contributed by atoms with Gasteiger partial charge in [0.15, 0.2) is 0 Å². The highest BCUT2D eigenvalue weighted by atomic mass is 35.5. The normalized spacial score (nSPS) is 15.3. The smallest absolute Gasteiger partial charge is 0.254 e. The molecule has 3 aromatic carbocycles. The van der Waals surface area contributed by atoms with Gasteiger partial charge in [0.1, 0.15) is 12.6 Å². The topological polar surface area (TPSA) is 79.5 Å². The average Bonchev–Trinajstić information content (AvgIpc) is 3.43. The van der Waals surface area contributed by atoms with Crippen LogP contribution in [-0.2, 0) is 11.3 Å². The second-order valence-electron chi connectivity index (χ2n) is 9.37. The van der Waals surface area contributed by atoms with Gasteiger partial charge in [-0.1, -0.05) is 70.3 Å². The van der Waals surface area contributed by atoms with E-state index in [-0.39, 0.29) is 30.9 Å². The fourth-order valence-corrected chi connectivity index (χ4v) is 5.34. The lowest BCUT2D eigenvalue weighted by Crippen LogP contribution is -2.45. The van der Waals surface area contributed by atoms with E-state index < -0.39 is 0 Å². The van der Waals surface area contributed by atoms with Crippen LogP contribution in [0.25, 0.3) is 11.4 Å². The molecule has 0 saturated carbocycles. The second kappa shape index (κ2) is 12.2. The zero-order valence-electron chi connectivity index (χ0n) is 20.9. The molecule has 1 saturated heterocycles. The molecular weight excluding hydrogens is 559 g/mol. The highest BCUT2D eigenvalue weighted by Gasteiger charge is 2.34. The molecular formula is C29H25Cl3N4O3. The lowest BCUT2D eigenvalue weighted by Gasteiger charge is -2.35. The number of hydrogen-bond acceptors (Lipinski definition) is 5. The molecule has 0 radical (unpaired) electrons. The van der Waals surface area contributed by atoms with Gasteiger partial charge < -0.3 is 14.3 Å². The number of carbonyl (C=O) groups is 2. The molecule has 1 aliphatic heterocycles. The molecule has 200 valence electrons. The van der Waals surface area contributed by atoms with Crippen LogP contribution in [0.4, 0.5) is 0 Å². The number of aromatic nitrogens is 2. The first-order valence-corrected chi connectivity index (χ1v) is 13.7. The number of benzene rings is 3. The van der Waals surface area contributed by atoms with E-state index >= 15 is 0 Å². The molecule has 1 aliphatic rings. The minimum Gasteiger partial charge on any atom is -0.337 e. The Kier molecular flexibility index (Phi) is 8.50. The monoisotopic (exact) mass is 582 g/mol. The Morgan fingerprint density at radius 3 is 2.36 bits per heavy atom. The van der Waals surface area contributed by atoms with Gasteiger partial charge in [0.25, 0.3) is 5.91 Å². The fourth-order valence-electron chi connectivity index (χ4n) is 4.69. The van der Waals surface area contributed by atoms with Crippen molar-refractivity contribution < 1.29 is 14.1 Å². The summed E-state index contributed by atoms with van der Waals surface area (Å²) in [6.07, 6.45) is 2.45. The van der Waals surface area contributed by atoms with E-state index in [2.05, 4.69) is 10.1 Å². The predicted octanol–water partition coefficient (Wildman–Crippen LogP) is 7.09. The van der Waals surface area contributed by atoms with Crippen molar-refractivity contribution in [3.05, 3.63) is 105 Å². The van der Waals surface area contributed by atoms with E-state index in [1.165, 1.54) is 4.90 Å². The molecule has 39 heavy (non-hydrogen) atoms. The third-order valence-corrected chi connectivity index (χ3v) is 7.28. The molecule has 2 amide bonds. The second-order valence-corrected chi connectivity index (χ2v) is 10.7. The summed E-state index contributed by atoms with van der Waals surface area (Å²) in [5.41, 5.74) is 1.98. The number of amides is 2. The maximum Gasteiger partial charge on any atom is 0.254 e. The van der Waals surface area contributed by atoms with Crippen molar-refractivity contribution in [2.24, 2.45) is 0 Å². The Bertz CT molecular complexity index is 1440. The van der Waals surface area contributed by atoms with Gasteiger partial charge in [0.2, 0.25) is 17.6 Å². The van der Waals surface area contributed by atoms with Gasteiger partial charge in [-0.05, 0) is 67.3 Å². The molecule has 5 rings (SSSR count). The Morgan fingerprint density at radius 1 is 0.923 bits per heavy atom. The van der Waals surface area contributed by atoms with Crippen LogP contribution in [0.1, 0.15) is 47.1 Å². The highest BCUT2D eigenvalue weighted by Crippen LogP contribution is 2.32. The van der Waals surface area contributed by atoms with Gasteiger partial charge in [-0.2, -0.15) is 4.98 Å². The number of likely N-dealkylation sites (tertiary alicyclic amines) is 1. The summed E-state index contributed by atoms with van der Waals surface area (Å²) in [7, 11) is 0. The summed E-state index contributed by atoms with van der Waals surface area (Å²) in [6.45, 7) is 0.639. The summed E-state index contributed by atoms with van der Waals surface area (Å²) in [4.78, 5) is 35.2. The maximum atomic E-state index is 13.7. The predicted molar refractivity (Wildman–Crippen MR) is 151 cm³/mol. The van der Waals surface area contributed by atoms with E-state index in [9.17, 15) is 9.59 Å². The standard InChI is InChI=1S/C29H25Cl3N4O3/c30-22-11-9-20(10-12-22)27-33-28(39-34-27)25-8-4-5-13-36(25)26(37)18-35(17-19-6-2-1-3-7-19)29(38)21-14-23(31)16-24(32)15-21/h1-3,6-7,9-12,14-16,25H,4-5,8,13,17-18H2. The van der Waals surface area contributed by atoms with Gasteiger partial charge in [0, 0.05) is 39.3 Å². The van der Waals surface area contributed by atoms with Crippen molar-refractivity contribution in [2.75, 3.05) is 13.1 Å². The van der Waals surface area contributed by atoms with E-state index in [4.69, 9.17) is 39.3 Å². The van der Waals surface area contributed by atoms with Crippen LogP contribution in [-0.4, -0.2) is 44.8 Å². The third kappa shape index (κ3) is 6.61. The Labute approximate surface area is 241 Å². The zero-order chi connectivity index (χ0) is 27.4. The number of hydrogen-bond donors (Lipinski definition) is 0. The SMILES string of the molecule is O=C(c1cc(Cl)cc(Cl)c1)N(CC(=O)N1CCCCC1c1nc(-c2ccc(Cl)cc2)no1)Cc1ccccc1. The molecule has 10 heteroatoms. The van der Waals surface area contributed by atoms with Crippen molar-refractivity contribution in [3.8, 4) is 11.4 Å². The third-order valence-electron chi connectivity index (χ3n) is 6.59. The van der Waals surface area contributed by atoms with Gasteiger partial charge in [0.05, 0.1) is 0 Å². The summed E-state index contributed by atoms with van der Waals surface area (Å²) >= 11 is 18.3. The zero-order valence-corrected chi connectivity index (χ0v) is 23.2. The first-order chi connectivity index (χ1) is 18.9. The minimum absolute atomic E-state index is 0.132. The molecule has 1 atom stereocenters. The van der Waals surface area contributed by atoms with Crippen LogP contribution in [0, 0.1) is 0 Å². The summed E-state index contributed by atoms with van der Waals surface area (Å²) in [6, 6.07) is 21.0. The quantitative estimate of drug-likeness (QED) is 0.232. The molecule has 1 fully saturated rings. The van der Waals surface area contributed by atoms with Gasteiger partial charge in [-0.3, -0.25) is 9.59 Å². The molecule has 0 aliphatic carbocycles. The number of halogens is 3. The molecule has 2 heterocycles. The van der Waals surface area contributed by atoms with Crippen LogP contribution in [0.3, 0.4) is 0 Å². The Morgan fingerprint density at radius 2 is 1.64 bits per heavy atom. The van der Waals surface area contributed by atoms with Crippen LogP contribution >= 0.6 is 34.8 Å². The summed E-state index contributed by atoms with van der Waals surface area (Å²) in [5.74, 6) is 0.255. The molecule has 4 aromatic rings. The van der Waals surface area contributed by atoms with Crippen molar-refractivity contribution in [1.29, 1.82) is 0 Å². The minimum atomic E-state index is -0.380. The number of carbonyl (C=O) groups excluding carboxylic acids is 2. The lowest BCUT2D eigenvalue weighted by molar-refractivity contribution is -0.136.